The van der Waals surface area contributed by atoms with Crippen molar-refractivity contribution in [3.8, 4) is 29.2 Å². The van der Waals surface area contributed by atoms with Gasteiger partial charge in [0.15, 0.2) is 5.75 Å². The van der Waals surface area contributed by atoms with Gasteiger partial charge in [-0.25, -0.2) is 4.79 Å². The fourth-order valence-corrected chi connectivity index (χ4v) is 3.96. The van der Waals surface area contributed by atoms with Crippen LogP contribution in [0, 0.1) is 23.7 Å². The van der Waals surface area contributed by atoms with Crippen molar-refractivity contribution in [2.24, 2.45) is 5.92 Å². The van der Waals surface area contributed by atoms with Crippen molar-refractivity contribution in [1.82, 2.24) is 20.1 Å². The lowest BCUT2D eigenvalue weighted by atomic mass is 10.0. The normalized spacial score (nSPS) is 17.6. The summed E-state index contributed by atoms with van der Waals surface area (Å²) < 4.78 is 30.9. The molecular formula is C26H24FN5O5. The molecule has 2 aliphatic heterocycles. The maximum Gasteiger partial charge on any atom is 0.342 e. The van der Waals surface area contributed by atoms with Crippen LogP contribution in [-0.2, 0) is 9.53 Å². The van der Waals surface area contributed by atoms with E-state index in [1.165, 1.54) is 35.5 Å². The van der Waals surface area contributed by atoms with Crippen molar-refractivity contribution in [2.75, 3.05) is 31.8 Å². The third-order valence-electron chi connectivity index (χ3n) is 5.97. The molecule has 2 aromatic heterocycles. The van der Waals surface area contributed by atoms with E-state index in [9.17, 15) is 14.0 Å². The SMILES string of the molecule is CN1C(=O)[C@@H](NC(=O)n2cc(Oc3cccc(F)n3)cn2)COc2ccc(C#CC3CCOCC3)cc21. The molecule has 0 radical (unpaired) electrons. The minimum absolute atomic E-state index is 0.0171. The maximum atomic E-state index is 13.3. The third-order valence-corrected chi connectivity index (χ3v) is 5.97. The smallest absolute Gasteiger partial charge is 0.342 e. The Morgan fingerprint density at radius 3 is 2.89 bits per heavy atom. The minimum atomic E-state index is -0.958. The van der Waals surface area contributed by atoms with Crippen LogP contribution in [0.1, 0.15) is 18.4 Å². The lowest BCUT2D eigenvalue weighted by Crippen LogP contribution is -2.50. The molecule has 0 aliphatic carbocycles. The molecule has 37 heavy (non-hydrogen) atoms. The molecule has 1 saturated heterocycles. The number of halogens is 1. The van der Waals surface area contributed by atoms with E-state index in [0.29, 0.717) is 17.4 Å². The van der Waals surface area contributed by atoms with Gasteiger partial charge in [0.25, 0.3) is 5.91 Å². The number of nitrogens with one attached hydrogen (secondary N) is 1. The van der Waals surface area contributed by atoms with E-state index in [2.05, 4.69) is 27.2 Å². The van der Waals surface area contributed by atoms with Crippen molar-refractivity contribution in [3.63, 3.8) is 0 Å². The number of benzene rings is 1. The molecule has 1 N–H and O–H groups in total. The predicted octanol–water partition coefficient (Wildman–Crippen LogP) is 2.97. The van der Waals surface area contributed by atoms with Gasteiger partial charge in [-0.1, -0.05) is 17.9 Å². The lowest BCUT2D eigenvalue weighted by Gasteiger charge is -2.20. The van der Waals surface area contributed by atoms with E-state index >= 15 is 0 Å². The number of carbonyl (C=O) groups is 2. The first-order valence-electron chi connectivity index (χ1n) is 11.8. The van der Waals surface area contributed by atoms with Gasteiger partial charge < -0.3 is 24.4 Å². The van der Waals surface area contributed by atoms with Crippen LogP contribution in [0.4, 0.5) is 14.9 Å². The quantitative estimate of drug-likeness (QED) is 0.431. The Bertz CT molecular complexity index is 1370. The van der Waals surface area contributed by atoms with Crippen molar-refractivity contribution >= 4 is 17.6 Å². The summed E-state index contributed by atoms with van der Waals surface area (Å²) in [6.07, 6.45) is 4.40. The molecule has 11 heteroatoms. The van der Waals surface area contributed by atoms with Crippen molar-refractivity contribution in [1.29, 1.82) is 0 Å². The summed E-state index contributed by atoms with van der Waals surface area (Å²) >= 11 is 0. The first-order chi connectivity index (χ1) is 18.0. The number of amides is 2. The first kappa shape index (κ1) is 24.3. The van der Waals surface area contributed by atoms with E-state index in [1.54, 1.807) is 19.2 Å². The molecule has 5 rings (SSSR count). The monoisotopic (exact) mass is 505 g/mol. The number of carbonyl (C=O) groups excluding carboxylic acids is 2. The molecule has 1 atom stereocenters. The summed E-state index contributed by atoms with van der Waals surface area (Å²) in [5, 5.41) is 6.58. The van der Waals surface area contributed by atoms with E-state index < -0.39 is 18.0 Å². The van der Waals surface area contributed by atoms with Crippen LogP contribution in [0.15, 0.2) is 48.8 Å². The van der Waals surface area contributed by atoms with Crippen LogP contribution >= 0.6 is 0 Å². The van der Waals surface area contributed by atoms with Crippen LogP contribution in [0.2, 0.25) is 0 Å². The number of hydrogen-bond acceptors (Lipinski definition) is 7. The van der Waals surface area contributed by atoms with Crippen LogP contribution in [0.3, 0.4) is 0 Å². The van der Waals surface area contributed by atoms with Gasteiger partial charge in [0.2, 0.25) is 11.8 Å². The third kappa shape index (κ3) is 5.70. The molecule has 4 heterocycles. The van der Waals surface area contributed by atoms with Crippen LogP contribution in [0.25, 0.3) is 0 Å². The summed E-state index contributed by atoms with van der Waals surface area (Å²) in [6.45, 7) is 1.38. The molecule has 2 aliphatic rings. The second kappa shape index (κ2) is 10.7. The molecule has 0 spiro atoms. The highest BCUT2D eigenvalue weighted by atomic mass is 19.1. The highest BCUT2D eigenvalue weighted by Gasteiger charge is 2.31. The summed E-state index contributed by atoms with van der Waals surface area (Å²) in [6, 6.07) is 7.91. The molecule has 3 aromatic rings. The van der Waals surface area contributed by atoms with Crippen LogP contribution in [0.5, 0.6) is 17.4 Å². The lowest BCUT2D eigenvalue weighted by molar-refractivity contribution is -0.120. The zero-order valence-electron chi connectivity index (χ0n) is 20.0. The van der Waals surface area contributed by atoms with Gasteiger partial charge in [-0.05, 0) is 37.1 Å². The van der Waals surface area contributed by atoms with Crippen molar-refractivity contribution in [3.05, 3.63) is 60.3 Å². The van der Waals surface area contributed by atoms with Gasteiger partial charge in [0, 0.05) is 37.8 Å². The second-order valence-electron chi connectivity index (χ2n) is 8.57. The average molecular weight is 506 g/mol. The first-order valence-corrected chi connectivity index (χ1v) is 11.8. The van der Waals surface area contributed by atoms with Gasteiger partial charge >= 0.3 is 6.03 Å². The number of aromatic nitrogens is 3. The van der Waals surface area contributed by atoms with Crippen molar-refractivity contribution in [2.45, 2.75) is 18.9 Å². The second-order valence-corrected chi connectivity index (χ2v) is 8.57. The summed E-state index contributed by atoms with van der Waals surface area (Å²) in [7, 11) is 1.62. The fraction of sp³-hybridized carbons (Fsp3) is 0.308. The standard InChI is InChI=1S/C26H24FN5O5/c1-31-21-13-18(6-5-17-9-11-35-12-10-17)7-8-22(21)36-16-20(25(31)33)29-26(34)32-15-19(14-28-32)37-24-4-2-3-23(27)30-24/h2-4,7-8,13-15,17,20H,9-12,16H2,1H3,(H,29,34)/t20-/m0/s1. The molecule has 1 aromatic carbocycles. The van der Waals surface area contributed by atoms with E-state index in [1.807, 2.05) is 6.07 Å². The zero-order valence-corrected chi connectivity index (χ0v) is 20.0. The van der Waals surface area contributed by atoms with E-state index in [-0.39, 0.29) is 24.1 Å². The van der Waals surface area contributed by atoms with Gasteiger partial charge in [0.1, 0.15) is 18.4 Å². The summed E-state index contributed by atoms with van der Waals surface area (Å²) in [4.78, 5) is 31.0. The van der Waals surface area contributed by atoms with Crippen LogP contribution in [-0.4, -0.2) is 59.6 Å². The van der Waals surface area contributed by atoms with Gasteiger partial charge in [-0.2, -0.15) is 19.2 Å². The summed E-state index contributed by atoms with van der Waals surface area (Å²) in [5.74, 6) is 6.43. The topological polar surface area (TPSA) is 108 Å². The Morgan fingerprint density at radius 2 is 2.08 bits per heavy atom. The molecule has 190 valence electrons. The minimum Gasteiger partial charge on any atom is -0.489 e. The molecular weight excluding hydrogens is 481 g/mol. The largest absolute Gasteiger partial charge is 0.489 e. The Balaban J connectivity index is 1.25. The molecule has 1 fully saturated rings. The fourth-order valence-electron chi connectivity index (χ4n) is 3.96. The number of nitrogens with zero attached hydrogens (tertiary/aromatic N) is 4. The number of rotatable bonds is 3. The average Bonchev–Trinajstić information content (AvgIpc) is 3.34. The molecule has 0 unspecified atom stereocenters. The number of hydrogen-bond donors (Lipinski definition) is 1. The number of anilines is 1. The molecule has 0 saturated carbocycles. The predicted molar refractivity (Wildman–Crippen MR) is 130 cm³/mol. The maximum absolute atomic E-state index is 13.3. The molecule has 0 bridgehead atoms. The summed E-state index contributed by atoms with van der Waals surface area (Å²) in [5.41, 5.74) is 1.34. The number of ether oxygens (including phenoxy) is 3. The molecule has 10 nitrogen and oxygen atoms in total. The van der Waals surface area contributed by atoms with Crippen LogP contribution < -0.4 is 19.7 Å². The number of fused-ring (bicyclic) bond motifs is 1. The van der Waals surface area contributed by atoms with Gasteiger partial charge in [0.05, 0.1) is 18.1 Å². The van der Waals surface area contributed by atoms with E-state index in [0.717, 1.165) is 36.3 Å². The van der Waals surface area contributed by atoms with Gasteiger partial charge in [-0.15, -0.1) is 0 Å². The molecule has 2 amide bonds. The van der Waals surface area contributed by atoms with Crippen molar-refractivity contribution < 1.29 is 28.2 Å². The Labute approximate surface area is 212 Å². The number of likely N-dealkylation sites (N-methyl/N-ethyl adjacent to an activating group) is 1. The Kier molecular flexibility index (Phi) is 7.00. The van der Waals surface area contributed by atoms with E-state index in [4.69, 9.17) is 14.2 Å². The van der Waals surface area contributed by atoms with Gasteiger partial charge in [-0.3, -0.25) is 4.79 Å². The Morgan fingerprint density at radius 1 is 1.24 bits per heavy atom. The highest BCUT2D eigenvalue weighted by molar-refractivity contribution is 6.00. The zero-order chi connectivity index (χ0) is 25.8. The number of pyridine rings is 1. The Hall–Kier alpha value is -4.43. The highest BCUT2D eigenvalue weighted by Crippen LogP contribution is 2.31.